The summed E-state index contributed by atoms with van der Waals surface area (Å²) in [5, 5.41) is 2.40. The lowest BCUT2D eigenvalue weighted by Crippen LogP contribution is -2.23. The molecule has 6 nitrogen and oxygen atoms in total. The second-order valence-corrected chi connectivity index (χ2v) is 9.22. The normalized spacial score (nSPS) is 16.2. The molecule has 2 heterocycles. The molecule has 0 spiro atoms. The van der Waals surface area contributed by atoms with Crippen molar-refractivity contribution >= 4 is 21.4 Å². The molecule has 4 rings (SSSR count). The smallest absolute Gasteiger partial charge is 0.251 e. The molecule has 1 aliphatic rings. The van der Waals surface area contributed by atoms with Gasteiger partial charge in [-0.25, -0.2) is 13.4 Å². The summed E-state index contributed by atoms with van der Waals surface area (Å²) in [6.45, 7) is 0.393. The second kappa shape index (κ2) is 8.05. The van der Waals surface area contributed by atoms with Crippen LogP contribution in [-0.2, 0) is 22.1 Å². The van der Waals surface area contributed by atoms with E-state index in [0.717, 1.165) is 11.2 Å². The van der Waals surface area contributed by atoms with Gasteiger partial charge < -0.3 is 9.72 Å². The lowest BCUT2D eigenvalue weighted by molar-refractivity contribution is 0.0951. The van der Waals surface area contributed by atoms with E-state index in [9.17, 15) is 13.2 Å². The molecular weight excluding hydrogens is 386 g/mol. The largest absolute Gasteiger partial charge is 0.348 e. The van der Waals surface area contributed by atoms with Gasteiger partial charge in [0.05, 0.1) is 11.0 Å². The number of sulfone groups is 1. The number of carbonyl (C=O) groups excluding carboxylic acids is 1. The number of rotatable bonds is 6. The van der Waals surface area contributed by atoms with Gasteiger partial charge in [-0.05, 0) is 35.7 Å². The molecule has 29 heavy (non-hydrogen) atoms. The molecular formula is C22H21N3O3S. The van der Waals surface area contributed by atoms with Crippen LogP contribution in [0.25, 0.3) is 5.65 Å². The number of imidazole rings is 1. The predicted octanol–water partition coefficient (Wildman–Crippen LogP) is 3.06. The van der Waals surface area contributed by atoms with Crippen molar-refractivity contribution < 1.29 is 13.2 Å². The summed E-state index contributed by atoms with van der Waals surface area (Å²) in [4.78, 5) is 16.6. The molecule has 1 amide bonds. The lowest BCUT2D eigenvalue weighted by atomic mass is 10.1. The van der Waals surface area contributed by atoms with Gasteiger partial charge in [0.25, 0.3) is 5.91 Å². The van der Waals surface area contributed by atoms with Crippen molar-refractivity contribution in [3.05, 3.63) is 96.0 Å². The molecule has 0 bridgehead atoms. The fourth-order valence-corrected chi connectivity index (χ4v) is 4.88. The highest BCUT2D eigenvalue weighted by Gasteiger charge is 2.23. The number of allylic oxidation sites excluding steroid dienone is 3. The zero-order chi connectivity index (χ0) is 20.3. The van der Waals surface area contributed by atoms with Gasteiger partial charge in [0.1, 0.15) is 5.65 Å². The van der Waals surface area contributed by atoms with Crippen molar-refractivity contribution in [2.24, 2.45) is 0 Å². The molecule has 0 fully saturated rings. The second-order valence-electron chi connectivity index (χ2n) is 7.00. The van der Waals surface area contributed by atoms with Crippen LogP contribution in [0, 0.1) is 0 Å². The summed E-state index contributed by atoms with van der Waals surface area (Å²) < 4.78 is 27.0. The van der Waals surface area contributed by atoms with Crippen molar-refractivity contribution in [1.82, 2.24) is 14.7 Å². The average Bonchev–Trinajstić information content (AvgIpc) is 3.21. The zero-order valence-corrected chi connectivity index (χ0v) is 16.5. The maximum atomic E-state index is 12.5. The molecule has 1 unspecified atom stereocenters. The van der Waals surface area contributed by atoms with Crippen LogP contribution in [0.1, 0.15) is 27.9 Å². The fourth-order valence-electron chi connectivity index (χ4n) is 3.27. The van der Waals surface area contributed by atoms with Gasteiger partial charge in [-0.3, -0.25) is 4.79 Å². The number of fused-ring (bicyclic) bond motifs is 1. The number of nitrogens with zero attached hydrogens (tertiary/aromatic N) is 2. The van der Waals surface area contributed by atoms with Gasteiger partial charge in [0.2, 0.25) is 0 Å². The molecule has 3 aromatic rings. The average molecular weight is 407 g/mol. The van der Waals surface area contributed by atoms with Crippen LogP contribution in [0.2, 0.25) is 0 Å². The number of carbonyl (C=O) groups is 1. The first kappa shape index (κ1) is 19.1. The Morgan fingerprint density at radius 2 is 1.90 bits per heavy atom. The third kappa shape index (κ3) is 4.46. The number of amides is 1. The molecule has 0 radical (unpaired) electrons. The molecule has 1 N–H and O–H groups in total. The summed E-state index contributed by atoms with van der Waals surface area (Å²) >= 11 is 0. The molecule has 0 saturated heterocycles. The summed E-state index contributed by atoms with van der Waals surface area (Å²) in [7, 11) is -3.27. The lowest BCUT2D eigenvalue weighted by Gasteiger charge is -2.14. The molecule has 0 aliphatic heterocycles. The summed E-state index contributed by atoms with van der Waals surface area (Å²) in [6.07, 6.45) is 13.2. The highest BCUT2D eigenvalue weighted by atomic mass is 32.2. The molecule has 1 aromatic carbocycles. The van der Waals surface area contributed by atoms with Gasteiger partial charge in [0, 0.05) is 30.7 Å². The quantitative estimate of drug-likeness (QED) is 0.681. The Morgan fingerprint density at radius 3 is 2.66 bits per heavy atom. The monoisotopic (exact) mass is 407 g/mol. The van der Waals surface area contributed by atoms with E-state index in [-0.39, 0.29) is 11.7 Å². The van der Waals surface area contributed by atoms with E-state index in [2.05, 4.69) is 10.3 Å². The number of pyridine rings is 1. The van der Waals surface area contributed by atoms with Crippen molar-refractivity contribution in [2.45, 2.75) is 24.0 Å². The number of hydrogen-bond donors (Lipinski definition) is 1. The zero-order valence-electron chi connectivity index (χ0n) is 15.7. The van der Waals surface area contributed by atoms with Crippen molar-refractivity contribution in [3.63, 3.8) is 0 Å². The first-order valence-electron chi connectivity index (χ1n) is 9.35. The molecule has 1 aliphatic carbocycles. The van der Waals surface area contributed by atoms with Crippen LogP contribution in [0.15, 0.2) is 79.3 Å². The minimum absolute atomic E-state index is 0.0390. The Hall–Kier alpha value is -3.19. The number of aromatic nitrogens is 2. The standard InChI is InChI=1S/C22H21N3O3S/c26-22(24-14-18-8-11-21-23-12-13-25(21)15-18)19-9-6-17(7-10-19)16-29(27,28)20-4-2-1-3-5-20/h1-4,6-13,15,20H,5,14,16H2,(H,24,26). The van der Waals surface area contributed by atoms with E-state index in [1.54, 1.807) is 42.6 Å². The van der Waals surface area contributed by atoms with Crippen molar-refractivity contribution in [3.8, 4) is 0 Å². The highest BCUT2D eigenvalue weighted by molar-refractivity contribution is 7.91. The molecule has 148 valence electrons. The third-order valence-electron chi connectivity index (χ3n) is 4.89. The summed E-state index contributed by atoms with van der Waals surface area (Å²) in [5.41, 5.74) is 2.98. The van der Waals surface area contributed by atoms with Crippen LogP contribution in [0.3, 0.4) is 0 Å². The molecule has 7 heteroatoms. The third-order valence-corrected chi connectivity index (χ3v) is 6.90. The Morgan fingerprint density at radius 1 is 1.10 bits per heavy atom. The van der Waals surface area contributed by atoms with Gasteiger partial charge in [-0.1, -0.05) is 42.5 Å². The van der Waals surface area contributed by atoms with E-state index in [1.165, 1.54) is 0 Å². The minimum atomic E-state index is -3.27. The maximum Gasteiger partial charge on any atom is 0.251 e. The van der Waals surface area contributed by atoms with E-state index in [4.69, 9.17) is 0 Å². The molecule has 2 aromatic heterocycles. The van der Waals surface area contributed by atoms with Gasteiger partial charge in [0.15, 0.2) is 9.84 Å². The first-order valence-corrected chi connectivity index (χ1v) is 11.1. The maximum absolute atomic E-state index is 12.5. The fraction of sp³-hybridized carbons (Fsp3) is 0.182. The minimum Gasteiger partial charge on any atom is -0.348 e. The van der Waals surface area contributed by atoms with Crippen LogP contribution in [-0.4, -0.2) is 29.0 Å². The topological polar surface area (TPSA) is 80.5 Å². The van der Waals surface area contributed by atoms with Crippen LogP contribution < -0.4 is 5.32 Å². The number of nitrogens with one attached hydrogen (secondary N) is 1. The van der Waals surface area contributed by atoms with Crippen molar-refractivity contribution in [2.75, 3.05) is 0 Å². The van der Waals surface area contributed by atoms with Crippen LogP contribution in [0.4, 0.5) is 0 Å². The summed E-state index contributed by atoms with van der Waals surface area (Å²) in [6, 6.07) is 10.5. The predicted molar refractivity (Wildman–Crippen MR) is 112 cm³/mol. The van der Waals surface area contributed by atoms with Crippen LogP contribution >= 0.6 is 0 Å². The van der Waals surface area contributed by atoms with Gasteiger partial charge in [-0.15, -0.1) is 0 Å². The van der Waals surface area contributed by atoms with Gasteiger partial charge in [-0.2, -0.15) is 0 Å². The van der Waals surface area contributed by atoms with Crippen LogP contribution in [0.5, 0.6) is 0 Å². The van der Waals surface area contributed by atoms with E-state index >= 15 is 0 Å². The summed E-state index contributed by atoms with van der Waals surface area (Å²) in [5.74, 6) is -0.242. The molecule has 1 atom stereocenters. The highest BCUT2D eigenvalue weighted by Crippen LogP contribution is 2.18. The SMILES string of the molecule is O=C(NCc1ccc2nccn2c1)c1ccc(CS(=O)(=O)C2C=CC=CC2)cc1. The Labute approximate surface area is 169 Å². The number of benzene rings is 1. The van der Waals surface area contributed by atoms with E-state index < -0.39 is 15.1 Å². The van der Waals surface area contributed by atoms with Crippen molar-refractivity contribution in [1.29, 1.82) is 0 Å². The Kier molecular flexibility index (Phi) is 5.31. The molecule has 0 saturated carbocycles. The number of hydrogen-bond acceptors (Lipinski definition) is 4. The first-order chi connectivity index (χ1) is 14.0. The van der Waals surface area contributed by atoms with E-state index in [0.29, 0.717) is 24.1 Å². The Balaban J connectivity index is 1.37. The van der Waals surface area contributed by atoms with Gasteiger partial charge >= 0.3 is 0 Å². The van der Waals surface area contributed by atoms with E-state index in [1.807, 2.05) is 41.1 Å². The Bertz CT molecular complexity index is 1190.